The number of aryl methyl sites for hydroxylation is 1. The summed E-state index contributed by atoms with van der Waals surface area (Å²) >= 11 is 1.70. The predicted molar refractivity (Wildman–Crippen MR) is 56.3 cm³/mol. The van der Waals surface area contributed by atoms with Crippen molar-refractivity contribution in [3.8, 4) is 0 Å². The van der Waals surface area contributed by atoms with Crippen LogP contribution in [0.4, 0.5) is 0 Å². The lowest BCUT2D eigenvalue weighted by molar-refractivity contribution is 1.30. The van der Waals surface area contributed by atoms with E-state index >= 15 is 0 Å². The van der Waals surface area contributed by atoms with Gasteiger partial charge in [-0.3, -0.25) is 0 Å². The van der Waals surface area contributed by atoms with E-state index in [2.05, 4.69) is 18.5 Å². The summed E-state index contributed by atoms with van der Waals surface area (Å²) < 4.78 is 0. The average Bonchev–Trinajstić information content (AvgIpc) is 2.34. The molecule has 0 saturated carbocycles. The van der Waals surface area contributed by atoms with Crippen LogP contribution in [0, 0.1) is 6.92 Å². The van der Waals surface area contributed by atoms with Crippen molar-refractivity contribution in [3.63, 3.8) is 0 Å². The van der Waals surface area contributed by atoms with Gasteiger partial charge in [0.15, 0.2) is 0 Å². The summed E-state index contributed by atoms with van der Waals surface area (Å²) in [5.74, 6) is 0. The summed E-state index contributed by atoms with van der Waals surface area (Å²) in [4.78, 5) is 5.69. The van der Waals surface area contributed by atoms with E-state index < -0.39 is 0 Å². The van der Waals surface area contributed by atoms with Crippen LogP contribution in [0.5, 0.6) is 0 Å². The summed E-state index contributed by atoms with van der Waals surface area (Å²) in [6, 6.07) is 0. The van der Waals surface area contributed by atoms with Gasteiger partial charge in [0.25, 0.3) is 0 Å². The van der Waals surface area contributed by atoms with Crippen LogP contribution in [0.3, 0.4) is 0 Å². The maximum Gasteiger partial charge on any atom is 0.119 e. The van der Waals surface area contributed by atoms with Gasteiger partial charge in [-0.15, -0.1) is 11.3 Å². The lowest BCUT2D eigenvalue weighted by atomic mass is 10.3. The van der Waals surface area contributed by atoms with E-state index in [0.29, 0.717) is 0 Å². The molecule has 2 heteroatoms. The van der Waals surface area contributed by atoms with Crippen LogP contribution in [0.1, 0.15) is 29.4 Å². The van der Waals surface area contributed by atoms with Gasteiger partial charge in [0.05, 0.1) is 5.69 Å². The van der Waals surface area contributed by atoms with E-state index in [9.17, 15) is 0 Å². The monoisotopic (exact) mass is 179 g/mol. The molecule has 1 aromatic heterocycles. The van der Waals surface area contributed by atoms with Crippen molar-refractivity contribution >= 4 is 23.0 Å². The molecule has 12 heavy (non-hydrogen) atoms. The molecule has 0 bridgehead atoms. The van der Waals surface area contributed by atoms with Gasteiger partial charge in [0, 0.05) is 4.88 Å². The van der Waals surface area contributed by atoms with E-state index in [1.165, 1.54) is 4.88 Å². The highest BCUT2D eigenvalue weighted by Crippen LogP contribution is 2.23. The number of nitrogens with zero attached hydrogens (tertiary/aromatic N) is 1. The Morgan fingerprint density at radius 3 is 2.67 bits per heavy atom. The quantitative estimate of drug-likeness (QED) is 0.677. The van der Waals surface area contributed by atoms with Gasteiger partial charge in [-0.25, -0.2) is 4.98 Å². The average molecular weight is 179 g/mol. The highest BCUT2D eigenvalue weighted by molar-refractivity contribution is 7.12. The minimum absolute atomic E-state index is 1.04. The fourth-order valence-corrected chi connectivity index (χ4v) is 1.73. The normalized spacial score (nSPS) is 10.9. The van der Waals surface area contributed by atoms with Crippen LogP contribution in [0.25, 0.3) is 11.6 Å². The standard InChI is InChI=1S/C10H13NS/c1-5-6-9-8(4)12-10(11-9)7(2)3/h5-6H,2H2,1,3-4H3/b6-5-. The molecule has 1 nitrogen and oxygen atoms in total. The second-order valence-electron chi connectivity index (χ2n) is 2.74. The third-order valence-electron chi connectivity index (χ3n) is 1.52. The van der Waals surface area contributed by atoms with Crippen molar-refractivity contribution in [2.45, 2.75) is 20.8 Å². The van der Waals surface area contributed by atoms with Crippen LogP contribution < -0.4 is 0 Å². The van der Waals surface area contributed by atoms with Gasteiger partial charge in [-0.05, 0) is 32.4 Å². The van der Waals surface area contributed by atoms with Gasteiger partial charge in [0.1, 0.15) is 5.01 Å². The number of rotatable bonds is 2. The summed E-state index contributed by atoms with van der Waals surface area (Å²) in [5, 5.41) is 1.04. The molecule has 0 N–H and O–H groups in total. The maximum absolute atomic E-state index is 4.43. The molecule has 1 rings (SSSR count). The number of thiazole rings is 1. The Labute approximate surface area is 77.5 Å². The molecule has 64 valence electrons. The fourth-order valence-electron chi connectivity index (χ4n) is 0.903. The maximum atomic E-state index is 4.43. The molecule has 1 aromatic rings. The molecule has 1 heterocycles. The van der Waals surface area contributed by atoms with E-state index in [1.54, 1.807) is 11.3 Å². The minimum Gasteiger partial charge on any atom is -0.237 e. The number of hydrogen-bond donors (Lipinski definition) is 0. The molecule has 0 fully saturated rings. The zero-order chi connectivity index (χ0) is 9.14. The first kappa shape index (κ1) is 9.20. The van der Waals surface area contributed by atoms with E-state index in [4.69, 9.17) is 0 Å². The Morgan fingerprint density at radius 1 is 1.58 bits per heavy atom. The molecule has 0 atom stereocenters. The summed E-state index contributed by atoms with van der Waals surface area (Å²) in [6.07, 6.45) is 4.03. The summed E-state index contributed by atoms with van der Waals surface area (Å²) in [6.45, 7) is 9.93. The summed E-state index contributed by atoms with van der Waals surface area (Å²) in [5.41, 5.74) is 2.11. The van der Waals surface area contributed by atoms with Crippen molar-refractivity contribution in [1.82, 2.24) is 4.98 Å². The molecule has 0 aliphatic rings. The van der Waals surface area contributed by atoms with Crippen LogP contribution >= 0.6 is 11.3 Å². The van der Waals surface area contributed by atoms with Gasteiger partial charge in [0.2, 0.25) is 0 Å². The molecule has 0 aliphatic carbocycles. The molecular weight excluding hydrogens is 166 g/mol. The SMILES string of the molecule is C=C(C)c1nc(/C=C\C)c(C)s1. The van der Waals surface area contributed by atoms with E-state index in [-0.39, 0.29) is 0 Å². The minimum atomic E-state index is 1.04. The second kappa shape index (κ2) is 3.68. The first-order chi connectivity index (χ1) is 5.65. The Bertz CT molecular complexity index is 321. The lowest BCUT2D eigenvalue weighted by Crippen LogP contribution is -1.76. The largest absolute Gasteiger partial charge is 0.237 e. The molecule has 0 spiro atoms. The Hall–Kier alpha value is -0.890. The third-order valence-corrected chi connectivity index (χ3v) is 2.67. The molecule has 0 saturated heterocycles. The molecular formula is C10H13NS. The van der Waals surface area contributed by atoms with Crippen molar-refractivity contribution in [1.29, 1.82) is 0 Å². The smallest absolute Gasteiger partial charge is 0.119 e. The molecule has 0 aliphatic heterocycles. The topological polar surface area (TPSA) is 12.9 Å². The Balaban J connectivity index is 3.08. The van der Waals surface area contributed by atoms with Crippen LogP contribution in [-0.4, -0.2) is 4.98 Å². The first-order valence-corrected chi connectivity index (χ1v) is 4.72. The van der Waals surface area contributed by atoms with Crippen molar-refractivity contribution < 1.29 is 0 Å². The van der Waals surface area contributed by atoms with Gasteiger partial charge >= 0.3 is 0 Å². The number of allylic oxidation sites excluding steroid dienone is 2. The highest BCUT2D eigenvalue weighted by Gasteiger charge is 2.04. The zero-order valence-electron chi connectivity index (χ0n) is 7.72. The molecule has 0 amide bonds. The molecule has 0 radical (unpaired) electrons. The van der Waals surface area contributed by atoms with Crippen molar-refractivity contribution in [2.75, 3.05) is 0 Å². The fraction of sp³-hybridized carbons (Fsp3) is 0.300. The second-order valence-corrected chi connectivity index (χ2v) is 3.94. The van der Waals surface area contributed by atoms with Crippen LogP contribution in [-0.2, 0) is 0 Å². The highest BCUT2D eigenvalue weighted by atomic mass is 32.1. The van der Waals surface area contributed by atoms with Gasteiger partial charge < -0.3 is 0 Å². The summed E-state index contributed by atoms with van der Waals surface area (Å²) in [7, 11) is 0. The van der Waals surface area contributed by atoms with Crippen LogP contribution in [0.2, 0.25) is 0 Å². The first-order valence-electron chi connectivity index (χ1n) is 3.91. The lowest BCUT2D eigenvalue weighted by Gasteiger charge is -1.86. The van der Waals surface area contributed by atoms with Crippen molar-refractivity contribution in [2.24, 2.45) is 0 Å². The number of hydrogen-bond acceptors (Lipinski definition) is 2. The Morgan fingerprint density at radius 2 is 2.25 bits per heavy atom. The Kier molecular flexibility index (Phi) is 2.82. The predicted octanol–water partition coefficient (Wildman–Crippen LogP) is 3.52. The van der Waals surface area contributed by atoms with Gasteiger partial charge in [-0.2, -0.15) is 0 Å². The molecule has 0 aromatic carbocycles. The molecule has 0 unspecified atom stereocenters. The van der Waals surface area contributed by atoms with Crippen LogP contribution in [0.15, 0.2) is 12.7 Å². The van der Waals surface area contributed by atoms with E-state index in [1.807, 2.05) is 26.0 Å². The van der Waals surface area contributed by atoms with E-state index in [0.717, 1.165) is 16.3 Å². The van der Waals surface area contributed by atoms with Crippen molar-refractivity contribution in [3.05, 3.63) is 28.2 Å². The zero-order valence-corrected chi connectivity index (χ0v) is 8.53. The van der Waals surface area contributed by atoms with Gasteiger partial charge in [-0.1, -0.05) is 12.7 Å². The number of aromatic nitrogens is 1. The third kappa shape index (κ3) is 1.83.